The molecule has 0 saturated carbocycles. The molecule has 0 unspecified atom stereocenters. The molecule has 4 heteroatoms. The third-order valence-electron chi connectivity index (χ3n) is 0.502. The molecule has 0 aromatic heterocycles. The summed E-state index contributed by atoms with van der Waals surface area (Å²) in [6.07, 6.45) is 0. The number of hydrogen-bond donors (Lipinski definition) is 0. The van der Waals surface area contributed by atoms with E-state index >= 15 is 0 Å². The van der Waals surface area contributed by atoms with Crippen LogP contribution < -0.4 is 17.0 Å². The van der Waals surface area contributed by atoms with E-state index < -0.39 is 8.07 Å². The Morgan fingerprint density at radius 2 is 1.70 bits per heavy atom. The summed E-state index contributed by atoms with van der Waals surface area (Å²) in [7, 11) is -1.10. The largest absolute Gasteiger partial charge is 1.00 e. The quantitative estimate of drug-likeness (QED) is 0.457. The van der Waals surface area contributed by atoms with Crippen LogP contribution in [-0.2, 0) is 19.5 Å². The molecule has 0 saturated heterocycles. The van der Waals surface area contributed by atoms with E-state index in [0.29, 0.717) is 0 Å². The molecule has 0 N–H and O–H groups in total. The first kappa shape index (κ1) is 17.4. The van der Waals surface area contributed by atoms with Crippen molar-refractivity contribution in [2.75, 3.05) is 0 Å². The van der Waals surface area contributed by atoms with Gasteiger partial charge in [-0.15, -0.1) is 5.73 Å². The van der Waals surface area contributed by atoms with Gasteiger partial charge in [-0.3, -0.25) is 0 Å². The summed E-state index contributed by atoms with van der Waals surface area (Å²) in [6.45, 7) is 6.66. The molecule has 0 rings (SSSR count). The molecule has 0 aromatic carbocycles. The summed E-state index contributed by atoms with van der Waals surface area (Å²) >= 11 is 3.13. The van der Waals surface area contributed by atoms with Crippen LogP contribution in [0, 0.1) is 5.70 Å². The molecule has 0 aliphatic rings. The van der Waals surface area contributed by atoms with Crippen molar-refractivity contribution in [2.24, 2.45) is 0 Å². The van der Waals surface area contributed by atoms with Gasteiger partial charge in [0.15, 0.2) is 0 Å². The molecule has 0 nitrogen and oxygen atoms in total. The predicted molar refractivity (Wildman–Crippen MR) is 43.6 cm³/mol. The molecule has 0 atom stereocenters. The van der Waals surface area contributed by atoms with E-state index in [1.54, 1.807) is 4.99 Å². The SMILES string of the molecule is C[Si](C)(C)[C]=C=CBr.[Br-].[Zn]. The van der Waals surface area contributed by atoms with Crippen LogP contribution in [-0.4, -0.2) is 8.07 Å². The minimum atomic E-state index is -1.10. The molecule has 0 aliphatic heterocycles. The fraction of sp³-hybridized carbons (Fsp3) is 0.500. The minimum Gasteiger partial charge on any atom is -1.00 e. The summed E-state index contributed by atoms with van der Waals surface area (Å²) in [6, 6.07) is 0. The Morgan fingerprint density at radius 1 is 1.30 bits per heavy atom. The van der Waals surface area contributed by atoms with Gasteiger partial charge in [-0.1, -0.05) is 35.6 Å². The average molecular weight is 335 g/mol. The van der Waals surface area contributed by atoms with E-state index in [1.165, 1.54) is 0 Å². The van der Waals surface area contributed by atoms with Gasteiger partial charge in [-0.2, -0.15) is 0 Å². The summed E-state index contributed by atoms with van der Waals surface area (Å²) < 4.78 is 0. The minimum absolute atomic E-state index is 0. The van der Waals surface area contributed by atoms with E-state index in [1.807, 2.05) is 0 Å². The van der Waals surface area contributed by atoms with Crippen LogP contribution in [0.1, 0.15) is 0 Å². The van der Waals surface area contributed by atoms with Gasteiger partial charge in [0.2, 0.25) is 0 Å². The Kier molecular flexibility index (Phi) is 14.7. The molecule has 10 heavy (non-hydrogen) atoms. The Balaban J connectivity index is -0.000000245. The molecule has 0 amide bonds. The number of rotatable bonds is 1. The third-order valence-corrected chi connectivity index (χ3v) is 1.62. The topological polar surface area (TPSA) is 0 Å². The fourth-order valence-corrected chi connectivity index (χ4v) is 1.07. The zero-order valence-electron chi connectivity index (χ0n) is 6.54. The van der Waals surface area contributed by atoms with Crippen molar-refractivity contribution in [1.29, 1.82) is 0 Å². The van der Waals surface area contributed by atoms with Crippen LogP contribution in [0.3, 0.4) is 0 Å². The second-order valence-corrected chi connectivity index (χ2v) is 7.84. The molecule has 0 aromatic rings. The Morgan fingerprint density at radius 3 is 1.80 bits per heavy atom. The maximum atomic E-state index is 3.16. The maximum Gasteiger partial charge on any atom is 0.0882 e. The fourth-order valence-electron chi connectivity index (χ4n) is 0.244. The average Bonchev–Trinajstić information content (AvgIpc) is 1.59. The van der Waals surface area contributed by atoms with Crippen LogP contribution in [0.25, 0.3) is 0 Å². The van der Waals surface area contributed by atoms with Crippen molar-refractivity contribution in [1.82, 2.24) is 0 Å². The zero-order valence-corrected chi connectivity index (χ0v) is 13.7. The van der Waals surface area contributed by atoms with Gasteiger partial charge >= 0.3 is 0 Å². The molecular weight excluding hydrogens is 325 g/mol. The van der Waals surface area contributed by atoms with Gasteiger partial charge in [0, 0.05) is 24.5 Å². The monoisotopic (exact) mass is 332 g/mol. The van der Waals surface area contributed by atoms with Gasteiger partial charge in [-0.25, -0.2) is 0 Å². The van der Waals surface area contributed by atoms with Gasteiger partial charge < -0.3 is 17.0 Å². The van der Waals surface area contributed by atoms with Crippen LogP contribution >= 0.6 is 15.9 Å². The first-order valence-corrected chi connectivity index (χ1v) is 6.92. The van der Waals surface area contributed by atoms with Crippen molar-refractivity contribution < 1.29 is 36.5 Å². The van der Waals surface area contributed by atoms with Crippen LogP contribution in [0.5, 0.6) is 0 Å². The molecule has 0 spiro atoms. The van der Waals surface area contributed by atoms with E-state index in [4.69, 9.17) is 0 Å². The Bertz CT molecular complexity index is 122. The molecule has 1 radical (unpaired) electrons. The molecular formula is C6H10Br2SiZn-. The molecule has 55 valence electrons. The summed E-state index contributed by atoms with van der Waals surface area (Å²) in [4.78, 5) is 1.71. The second-order valence-electron chi connectivity index (χ2n) is 2.63. The van der Waals surface area contributed by atoms with Crippen molar-refractivity contribution in [3.05, 3.63) is 16.4 Å². The van der Waals surface area contributed by atoms with Crippen molar-refractivity contribution in [2.45, 2.75) is 19.6 Å². The van der Waals surface area contributed by atoms with E-state index in [2.05, 4.69) is 47.0 Å². The number of halogens is 2. The van der Waals surface area contributed by atoms with E-state index in [9.17, 15) is 0 Å². The first-order valence-electron chi connectivity index (χ1n) is 2.51. The van der Waals surface area contributed by atoms with Crippen LogP contribution in [0.4, 0.5) is 0 Å². The van der Waals surface area contributed by atoms with Crippen molar-refractivity contribution >= 4 is 24.0 Å². The van der Waals surface area contributed by atoms with E-state index in [0.717, 1.165) is 0 Å². The van der Waals surface area contributed by atoms with Gasteiger partial charge in [-0.05, 0) is 5.70 Å². The summed E-state index contributed by atoms with van der Waals surface area (Å²) in [5, 5.41) is 0. The Hall–Kier alpha value is 1.32. The van der Waals surface area contributed by atoms with Crippen molar-refractivity contribution in [3.63, 3.8) is 0 Å². The van der Waals surface area contributed by atoms with Gasteiger partial charge in [0.1, 0.15) is 0 Å². The first-order chi connectivity index (χ1) is 3.56. The van der Waals surface area contributed by atoms with E-state index in [-0.39, 0.29) is 36.5 Å². The molecule has 0 fully saturated rings. The number of hydrogen-bond acceptors (Lipinski definition) is 0. The smallest absolute Gasteiger partial charge is 0.0882 e. The standard InChI is InChI=1S/C6H10BrSi.BrH.Zn/c1-8(2,3)6-4-5-7;;/h5H,1-3H3;1H;/p-1. The van der Waals surface area contributed by atoms with Gasteiger partial charge in [0.05, 0.1) is 8.07 Å². The predicted octanol–water partition coefficient (Wildman–Crippen LogP) is -0.268. The summed E-state index contributed by atoms with van der Waals surface area (Å²) in [5.74, 6) is 0. The van der Waals surface area contributed by atoms with Gasteiger partial charge in [0.25, 0.3) is 0 Å². The summed E-state index contributed by atoms with van der Waals surface area (Å²) in [5.41, 5.74) is 6.05. The van der Waals surface area contributed by atoms with Crippen LogP contribution in [0.2, 0.25) is 19.6 Å². The van der Waals surface area contributed by atoms with Crippen molar-refractivity contribution in [3.8, 4) is 0 Å². The molecule has 0 heterocycles. The Labute approximate surface area is 95.8 Å². The molecule has 0 bridgehead atoms. The normalized spacial score (nSPS) is 8.00. The molecule has 0 aliphatic carbocycles. The third kappa shape index (κ3) is 16.2. The maximum absolute atomic E-state index is 3.16. The zero-order chi connectivity index (χ0) is 6.62. The second kappa shape index (κ2) is 8.42. The van der Waals surface area contributed by atoms with Crippen LogP contribution in [0.15, 0.2) is 10.7 Å².